The maximum atomic E-state index is 14.4. The van der Waals surface area contributed by atoms with Gasteiger partial charge >= 0.3 is 6.18 Å². The van der Waals surface area contributed by atoms with Crippen molar-refractivity contribution in [2.45, 2.75) is 31.8 Å². The van der Waals surface area contributed by atoms with Gasteiger partial charge in [-0.2, -0.15) is 13.2 Å². The summed E-state index contributed by atoms with van der Waals surface area (Å²) in [5, 5.41) is 12.1. The Kier molecular flexibility index (Phi) is 6.73. The number of amides is 1. The summed E-state index contributed by atoms with van der Waals surface area (Å²) >= 11 is 0. The van der Waals surface area contributed by atoms with E-state index in [1.807, 2.05) is 0 Å². The van der Waals surface area contributed by atoms with Gasteiger partial charge in [-0.05, 0) is 42.8 Å². The van der Waals surface area contributed by atoms with Crippen LogP contribution in [0.3, 0.4) is 0 Å². The molecular weight excluding hydrogens is 430 g/mol. The summed E-state index contributed by atoms with van der Waals surface area (Å²) in [6.45, 7) is 1.43. The molecule has 1 aromatic carbocycles. The van der Waals surface area contributed by atoms with Gasteiger partial charge in [0.1, 0.15) is 11.5 Å². The molecule has 0 unspecified atom stereocenters. The number of aliphatic hydroxyl groups excluding tert-OH is 1. The number of rotatable bonds is 6. The Morgan fingerprint density at radius 1 is 1.16 bits per heavy atom. The zero-order valence-corrected chi connectivity index (χ0v) is 16.8. The zero-order chi connectivity index (χ0) is 23.5. The number of carbonyl (C=O) groups is 1. The minimum absolute atomic E-state index is 0.0403. The molecule has 2 N–H and O–H groups in total. The van der Waals surface area contributed by atoms with Crippen LogP contribution < -0.4 is 10.9 Å². The number of alkyl halides is 3. The highest BCUT2D eigenvalue weighted by molar-refractivity contribution is 5.94. The highest BCUT2D eigenvalue weighted by Crippen LogP contribution is 2.31. The fraction of sp³-hybridized carbons (Fsp3) is 0.227. The first-order valence-electron chi connectivity index (χ1n) is 9.53. The number of hydrogen-bond donors (Lipinski definition) is 2. The molecule has 0 fully saturated rings. The van der Waals surface area contributed by atoms with E-state index in [4.69, 9.17) is 0 Å². The molecule has 3 aromatic rings. The molecule has 0 radical (unpaired) electrons. The van der Waals surface area contributed by atoms with E-state index in [2.05, 4.69) is 10.3 Å². The Morgan fingerprint density at radius 3 is 2.44 bits per heavy atom. The van der Waals surface area contributed by atoms with Crippen LogP contribution in [0.2, 0.25) is 0 Å². The third-order valence-electron chi connectivity index (χ3n) is 4.61. The van der Waals surface area contributed by atoms with Crippen LogP contribution in [0, 0.1) is 5.82 Å². The highest BCUT2D eigenvalue weighted by Gasteiger charge is 2.31. The standard InChI is InChI=1S/C22H19F4N3O3/c1-13(30)11-29-12-15(6-9-18(29)31)21(32)28-19(20-17(23)3-2-10-27-20)14-4-7-16(8-5-14)22(24,25)26/h2-10,12-13,19,30H,11H2,1H3,(H,28,32)/t13-,19+/m0/s1. The molecule has 0 spiro atoms. The van der Waals surface area contributed by atoms with Gasteiger partial charge in [-0.15, -0.1) is 0 Å². The average Bonchev–Trinajstić information content (AvgIpc) is 2.73. The van der Waals surface area contributed by atoms with Gasteiger partial charge in [0.2, 0.25) is 0 Å². The van der Waals surface area contributed by atoms with Gasteiger partial charge in [0.25, 0.3) is 11.5 Å². The van der Waals surface area contributed by atoms with Crippen molar-refractivity contribution >= 4 is 5.91 Å². The van der Waals surface area contributed by atoms with Gasteiger partial charge in [0, 0.05) is 18.5 Å². The number of carbonyl (C=O) groups excluding carboxylic acids is 1. The molecule has 168 valence electrons. The van der Waals surface area contributed by atoms with Gasteiger partial charge in [0.05, 0.1) is 29.8 Å². The van der Waals surface area contributed by atoms with E-state index in [0.29, 0.717) is 0 Å². The molecule has 32 heavy (non-hydrogen) atoms. The molecule has 2 heterocycles. The minimum atomic E-state index is -4.55. The summed E-state index contributed by atoms with van der Waals surface area (Å²) in [5.74, 6) is -1.46. The van der Waals surface area contributed by atoms with Crippen molar-refractivity contribution in [3.63, 3.8) is 0 Å². The predicted molar refractivity (Wildman–Crippen MR) is 107 cm³/mol. The molecule has 6 nitrogen and oxygen atoms in total. The molecule has 0 bridgehead atoms. The monoisotopic (exact) mass is 449 g/mol. The second-order valence-electron chi connectivity index (χ2n) is 7.15. The summed E-state index contributed by atoms with van der Waals surface area (Å²) in [7, 11) is 0. The van der Waals surface area contributed by atoms with Crippen molar-refractivity contribution in [2.24, 2.45) is 0 Å². The summed E-state index contributed by atoms with van der Waals surface area (Å²) < 4.78 is 54.3. The number of hydrogen-bond acceptors (Lipinski definition) is 4. The van der Waals surface area contributed by atoms with Crippen LogP contribution in [0.15, 0.2) is 65.7 Å². The normalized spacial score (nSPS) is 13.4. The molecule has 0 aliphatic carbocycles. The summed E-state index contributed by atoms with van der Waals surface area (Å²) in [6.07, 6.45) is -2.85. The third kappa shape index (κ3) is 5.38. The number of aliphatic hydroxyl groups is 1. The predicted octanol–water partition coefficient (Wildman–Crippen LogP) is 3.30. The van der Waals surface area contributed by atoms with Gasteiger partial charge in [0.15, 0.2) is 0 Å². The smallest absolute Gasteiger partial charge is 0.392 e. The molecule has 10 heteroatoms. The fourth-order valence-electron chi connectivity index (χ4n) is 3.09. The summed E-state index contributed by atoms with van der Waals surface area (Å²) in [4.78, 5) is 28.7. The molecule has 0 saturated carbocycles. The Bertz CT molecular complexity index is 1160. The molecule has 0 aliphatic rings. The molecule has 3 rings (SSSR count). The highest BCUT2D eigenvalue weighted by atomic mass is 19.4. The molecule has 2 atom stereocenters. The van der Waals surface area contributed by atoms with Crippen LogP contribution >= 0.6 is 0 Å². The number of nitrogens with zero attached hydrogens (tertiary/aromatic N) is 2. The Labute approximate surface area is 180 Å². The molecular formula is C22H19F4N3O3. The Balaban J connectivity index is 1.98. The lowest BCUT2D eigenvalue weighted by molar-refractivity contribution is -0.137. The van der Waals surface area contributed by atoms with Crippen LogP contribution in [0.5, 0.6) is 0 Å². The largest absolute Gasteiger partial charge is 0.416 e. The van der Waals surface area contributed by atoms with E-state index in [0.717, 1.165) is 41.0 Å². The van der Waals surface area contributed by atoms with Gasteiger partial charge in [-0.1, -0.05) is 12.1 Å². The van der Waals surface area contributed by atoms with Crippen molar-refractivity contribution in [1.82, 2.24) is 14.9 Å². The summed E-state index contributed by atoms with van der Waals surface area (Å²) in [5.41, 5.74) is -1.28. The first-order valence-corrected chi connectivity index (χ1v) is 9.53. The van der Waals surface area contributed by atoms with Crippen LogP contribution in [0.4, 0.5) is 17.6 Å². The quantitative estimate of drug-likeness (QED) is 0.566. The number of halogens is 4. The minimum Gasteiger partial charge on any atom is -0.392 e. The number of nitrogens with one attached hydrogen (secondary N) is 1. The lowest BCUT2D eigenvalue weighted by Gasteiger charge is -2.20. The number of pyridine rings is 2. The van der Waals surface area contributed by atoms with Crippen molar-refractivity contribution < 1.29 is 27.5 Å². The SMILES string of the molecule is C[C@H](O)Cn1cc(C(=O)N[C@H](c2ccc(C(F)(F)F)cc2)c2ncccc2F)ccc1=O. The summed E-state index contributed by atoms with van der Waals surface area (Å²) in [6, 6.07) is 7.61. The van der Waals surface area contributed by atoms with Gasteiger partial charge in [-0.25, -0.2) is 4.39 Å². The maximum Gasteiger partial charge on any atom is 0.416 e. The molecule has 0 aliphatic heterocycles. The number of benzene rings is 1. The molecule has 2 aromatic heterocycles. The third-order valence-corrected chi connectivity index (χ3v) is 4.61. The first kappa shape index (κ1) is 23.1. The second kappa shape index (κ2) is 9.31. The zero-order valence-electron chi connectivity index (χ0n) is 16.8. The average molecular weight is 449 g/mol. The fourth-order valence-corrected chi connectivity index (χ4v) is 3.09. The molecule has 0 saturated heterocycles. The van der Waals surface area contributed by atoms with Crippen LogP contribution in [0.25, 0.3) is 0 Å². The van der Waals surface area contributed by atoms with E-state index < -0.39 is 41.2 Å². The Hall–Kier alpha value is -3.53. The van der Waals surface area contributed by atoms with E-state index in [9.17, 15) is 32.3 Å². The van der Waals surface area contributed by atoms with Crippen LogP contribution in [0.1, 0.15) is 40.1 Å². The topological polar surface area (TPSA) is 84.2 Å². The van der Waals surface area contributed by atoms with E-state index >= 15 is 0 Å². The van der Waals surface area contributed by atoms with E-state index in [1.165, 1.54) is 31.5 Å². The molecule has 1 amide bonds. The Morgan fingerprint density at radius 2 is 1.84 bits per heavy atom. The van der Waals surface area contributed by atoms with Crippen molar-refractivity contribution in [3.8, 4) is 0 Å². The van der Waals surface area contributed by atoms with Crippen molar-refractivity contribution in [1.29, 1.82) is 0 Å². The van der Waals surface area contributed by atoms with Crippen molar-refractivity contribution in [3.05, 3.63) is 99.5 Å². The van der Waals surface area contributed by atoms with Gasteiger partial charge < -0.3 is 15.0 Å². The van der Waals surface area contributed by atoms with Crippen LogP contribution in [-0.2, 0) is 12.7 Å². The second-order valence-corrected chi connectivity index (χ2v) is 7.15. The first-order chi connectivity index (χ1) is 15.1. The lowest BCUT2D eigenvalue weighted by atomic mass is 10.0. The van der Waals surface area contributed by atoms with E-state index in [1.54, 1.807) is 0 Å². The van der Waals surface area contributed by atoms with Crippen LogP contribution in [-0.4, -0.2) is 26.7 Å². The van der Waals surface area contributed by atoms with E-state index in [-0.39, 0.29) is 23.4 Å². The van der Waals surface area contributed by atoms with Gasteiger partial charge in [-0.3, -0.25) is 14.6 Å². The number of aromatic nitrogens is 2. The van der Waals surface area contributed by atoms with Crippen molar-refractivity contribution in [2.75, 3.05) is 0 Å². The maximum absolute atomic E-state index is 14.4. The lowest BCUT2D eigenvalue weighted by Crippen LogP contribution is -2.32.